The molecule has 5 nitrogen and oxygen atoms in total. The van der Waals surface area contributed by atoms with E-state index in [0.717, 1.165) is 73.4 Å². The molecule has 7 heteroatoms. The van der Waals surface area contributed by atoms with Crippen LogP contribution < -0.4 is 5.73 Å². The van der Waals surface area contributed by atoms with Gasteiger partial charge in [-0.25, -0.2) is 0 Å². The van der Waals surface area contributed by atoms with Gasteiger partial charge in [-0.05, 0) is 60.5 Å². The Kier molecular flexibility index (Phi) is 8.14. The van der Waals surface area contributed by atoms with Crippen molar-refractivity contribution in [2.24, 2.45) is 5.73 Å². The summed E-state index contributed by atoms with van der Waals surface area (Å²) in [6.45, 7) is 7.21. The standard InChI is InChI=1S/C30H31Cl2N5/c31-28-3-1-4-29(32)27(28)20-36-15-13-35(14-16-36)19-23-7-10-30-25(17-23)26(21-37(30)12-2-11-33)24-8-5-22(18-34)6-9-24/h1,3-10,17,21H,2,11-16,19-20,33H2. The number of rotatable bonds is 8. The normalized spacial score (nSPS) is 14.8. The Bertz CT molecular complexity index is 1390. The van der Waals surface area contributed by atoms with E-state index in [0.29, 0.717) is 12.1 Å². The van der Waals surface area contributed by atoms with Crippen molar-refractivity contribution in [1.29, 1.82) is 5.26 Å². The minimum absolute atomic E-state index is 0.665. The SMILES string of the molecule is N#Cc1ccc(-c2cn(CCCN)c3ccc(CN4CCN(Cc5c(Cl)cccc5Cl)CC4)cc23)cc1. The van der Waals surface area contributed by atoms with Crippen LogP contribution in [0.25, 0.3) is 22.0 Å². The van der Waals surface area contributed by atoms with E-state index in [2.05, 4.69) is 44.8 Å². The number of aromatic nitrogens is 1. The van der Waals surface area contributed by atoms with Crippen molar-refractivity contribution < 1.29 is 0 Å². The van der Waals surface area contributed by atoms with E-state index < -0.39 is 0 Å². The molecule has 0 radical (unpaired) electrons. The van der Waals surface area contributed by atoms with E-state index in [1.807, 2.05) is 42.5 Å². The molecular formula is C30H31Cl2N5. The Labute approximate surface area is 228 Å². The van der Waals surface area contributed by atoms with Crippen molar-refractivity contribution >= 4 is 34.1 Å². The summed E-state index contributed by atoms with van der Waals surface area (Å²) >= 11 is 12.8. The molecular weight excluding hydrogens is 501 g/mol. The molecule has 5 rings (SSSR count). The first kappa shape index (κ1) is 25.8. The highest BCUT2D eigenvalue weighted by molar-refractivity contribution is 6.35. The number of benzene rings is 3. The predicted octanol–water partition coefficient (Wildman–Crippen LogP) is 6.15. The molecule has 1 saturated heterocycles. The number of nitrogens with zero attached hydrogens (tertiary/aromatic N) is 4. The summed E-state index contributed by atoms with van der Waals surface area (Å²) in [5, 5.41) is 11.9. The average molecular weight is 533 g/mol. The zero-order valence-corrected chi connectivity index (χ0v) is 22.3. The Morgan fingerprint density at radius 1 is 0.865 bits per heavy atom. The molecule has 0 bridgehead atoms. The molecule has 190 valence electrons. The summed E-state index contributed by atoms with van der Waals surface area (Å²) in [5.41, 5.74) is 12.3. The lowest BCUT2D eigenvalue weighted by atomic mass is 10.0. The summed E-state index contributed by atoms with van der Waals surface area (Å²) in [7, 11) is 0. The van der Waals surface area contributed by atoms with E-state index in [1.165, 1.54) is 22.0 Å². The monoisotopic (exact) mass is 531 g/mol. The van der Waals surface area contributed by atoms with E-state index in [1.54, 1.807) is 0 Å². The number of aryl methyl sites for hydroxylation is 1. The molecule has 0 spiro atoms. The summed E-state index contributed by atoms with van der Waals surface area (Å²) in [4.78, 5) is 4.94. The summed E-state index contributed by atoms with van der Waals surface area (Å²) in [6.07, 6.45) is 3.16. The lowest BCUT2D eigenvalue weighted by molar-refractivity contribution is 0.122. The van der Waals surface area contributed by atoms with Crippen LogP contribution >= 0.6 is 23.2 Å². The van der Waals surface area contributed by atoms with Gasteiger partial charge in [0.15, 0.2) is 0 Å². The maximum absolute atomic E-state index is 9.19. The number of hydrogen-bond donors (Lipinski definition) is 1. The van der Waals surface area contributed by atoms with E-state index in [9.17, 15) is 5.26 Å². The summed E-state index contributed by atoms with van der Waals surface area (Å²) in [5.74, 6) is 0. The molecule has 0 aliphatic carbocycles. The Morgan fingerprint density at radius 2 is 1.54 bits per heavy atom. The number of nitrogens with two attached hydrogens (primary N) is 1. The van der Waals surface area contributed by atoms with Crippen LogP contribution in [0.4, 0.5) is 0 Å². The Balaban J connectivity index is 1.32. The van der Waals surface area contributed by atoms with Gasteiger partial charge in [-0.1, -0.05) is 47.5 Å². The van der Waals surface area contributed by atoms with E-state index in [-0.39, 0.29) is 0 Å². The van der Waals surface area contributed by atoms with Crippen molar-refractivity contribution in [3.05, 3.63) is 93.6 Å². The van der Waals surface area contributed by atoms with E-state index in [4.69, 9.17) is 28.9 Å². The third-order valence-electron chi connectivity index (χ3n) is 7.19. The summed E-state index contributed by atoms with van der Waals surface area (Å²) < 4.78 is 2.30. The highest BCUT2D eigenvalue weighted by atomic mass is 35.5. The van der Waals surface area contributed by atoms with E-state index >= 15 is 0 Å². The van der Waals surface area contributed by atoms with Crippen molar-refractivity contribution in [1.82, 2.24) is 14.4 Å². The number of nitriles is 1. The zero-order chi connectivity index (χ0) is 25.8. The molecule has 37 heavy (non-hydrogen) atoms. The molecule has 0 saturated carbocycles. The number of hydrogen-bond acceptors (Lipinski definition) is 4. The van der Waals surface area contributed by atoms with Crippen LogP contribution in [0, 0.1) is 11.3 Å². The second-order valence-corrected chi connectivity index (χ2v) is 10.5. The van der Waals surface area contributed by atoms with Gasteiger partial charge in [0.25, 0.3) is 0 Å². The average Bonchev–Trinajstić information content (AvgIpc) is 3.28. The van der Waals surface area contributed by atoms with Crippen LogP contribution in [0.5, 0.6) is 0 Å². The molecule has 3 aromatic carbocycles. The summed E-state index contributed by atoms with van der Waals surface area (Å²) in [6, 6.07) is 22.6. The maximum atomic E-state index is 9.19. The fourth-order valence-electron chi connectivity index (χ4n) is 5.11. The van der Waals surface area contributed by atoms with Crippen LogP contribution in [0.2, 0.25) is 10.0 Å². The predicted molar refractivity (Wildman–Crippen MR) is 153 cm³/mol. The number of halogens is 2. The van der Waals surface area contributed by atoms with Gasteiger partial charge < -0.3 is 10.3 Å². The number of piperazine rings is 1. The molecule has 2 heterocycles. The smallest absolute Gasteiger partial charge is 0.0991 e. The molecule has 0 amide bonds. The second-order valence-electron chi connectivity index (χ2n) is 9.67. The number of fused-ring (bicyclic) bond motifs is 1. The molecule has 0 atom stereocenters. The molecule has 1 aliphatic rings. The topological polar surface area (TPSA) is 61.2 Å². The molecule has 4 aromatic rings. The van der Waals surface area contributed by atoms with Crippen LogP contribution in [0.3, 0.4) is 0 Å². The largest absolute Gasteiger partial charge is 0.347 e. The third-order valence-corrected chi connectivity index (χ3v) is 7.90. The fraction of sp³-hybridized carbons (Fsp3) is 0.300. The Hall–Kier alpha value is -2.85. The van der Waals surface area contributed by atoms with Gasteiger partial charge in [0.05, 0.1) is 11.6 Å². The van der Waals surface area contributed by atoms with Gasteiger partial charge in [-0.2, -0.15) is 5.26 Å². The maximum Gasteiger partial charge on any atom is 0.0991 e. The van der Waals surface area contributed by atoms with Gasteiger partial charge in [0.2, 0.25) is 0 Å². The van der Waals surface area contributed by atoms with Crippen LogP contribution in [0.15, 0.2) is 66.9 Å². The van der Waals surface area contributed by atoms with Gasteiger partial charge >= 0.3 is 0 Å². The van der Waals surface area contributed by atoms with Gasteiger partial charge in [-0.15, -0.1) is 0 Å². The third kappa shape index (κ3) is 5.85. The van der Waals surface area contributed by atoms with Crippen molar-refractivity contribution in [2.75, 3.05) is 32.7 Å². The molecule has 1 fully saturated rings. The fourth-order valence-corrected chi connectivity index (χ4v) is 5.63. The lowest BCUT2D eigenvalue weighted by Gasteiger charge is -2.35. The van der Waals surface area contributed by atoms with Gasteiger partial charge in [0, 0.05) is 84.1 Å². The first-order valence-electron chi connectivity index (χ1n) is 12.8. The van der Waals surface area contributed by atoms with Gasteiger partial charge in [-0.3, -0.25) is 9.80 Å². The zero-order valence-electron chi connectivity index (χ0n) is 20.8. The van der Waals surface area contributed by atoms with Crippen molar-refractivity contribution in [3.63, 3.8) is 0 Å². The minimum atomic E-state index is 0.665. The first-order valence-corrected chi connectivity index (χ1v) is 13.5. The van der Waals surface area contributed by atoms with Crippen LogP contribution in [-0.2, 0) is 19.6 Å². The van der Waals surface area contributed by atoms with Crippen molar-refractivity contribution in [2.45, 2.75) is 26.1 Å². The highest BCUT2D eigenvalue weighted by Crippen LogP contribution is 2.32. The highest BCUT2D eigenvalue weighted by Gasteiger charge is 2.20. The molecule has 0 unspecified atom stereocenters. The Morgan fingerprint density at radius 3 is 2.19 bits per heavy atom. The molecule has 1 aromatic heterocycles. The first-order chi connectivity index (χ1) is 18.1. The molecule has 2 N–H and O–H groups in total. The molecule has 1 aliphatic heterocycles. The minimum Gasteiger partial charge on any atom is -0.347 e. The van der Waals surface area contributed by atoms with Crippen molar-refractivity contribution in [3.8, 4) is 17.2 Å². The lowest BCUT2D eigenvalue weighted by Crippen LogP contribution is -2.45. The quantitative estimate of drug-likeness (QED) is 0.296. The van der Waals surface area contributed by atoms with Crippen LogP contribution in [0.1, 0.15) is 23.1 Å². The second kappa shape index (κ2) is 11.7. The van der Waals surface area contributed by atoms with Gasteiger partial charge in [0.1, 0.15) is 0 Å². The van der Waals surface area contributed by atoms with Crippen LogP contribution in [-0.4, -0.2) is 47.1 Å².